The van der Waals surface area contributed by atoms with Gasteiger partial charge in [-0.3, -0.25) is 0 Å². The van der Waals surface area contributed by atoms with Crippen molar-refractivity contribution in [2.45, 2.75) is 11.5 Å². The zero-order valence-electron chi connectivity index (χ0n) is 7.12. The third-order valence-corrected chi connectivity index (χ3v) is 3.55. The smallest absolute Gasteiger partial charge is 0.267 e. The number of nitrogens with zero attached hydrogens (tertiary/aromatic N) is 1. The number of hydrogen-bond acceptors (Lipinski definition) is 4. The number of anilines is 1. The van der Waals surface area contributed by atoms with Crippen LogP contribution in [0.25, 0.3) is 0 Å². The maximum Gasteiger partial charge on any atom is 0.267 e. The molecule has 0 amide bonds. The Kier molecular flexibility index (Phi) is 3.45. The minimum Gasteiger partial charge on any atom is -0.383 e. The summed E-state index contributed by atoms with van der Waals surface area (Å²) in [7, 11) is -4.04. The van der Waals surface area contributed by atoms with Gasteiger partial charge in [0.1, 0.15) is 5.82 Å². The fourth-order valence-corrected chi connectivity index (χ4v) is 2.81. The first-order chi connectivity index (χ1) is 6.73. The van der Waals surface area contributed by atoms with Gasteiger partial charge in [0.25, 0.3) is 16.4 Å². The summed E-state index contributed by atoms with van der Waals surface area (Å²) in [6.07, 6.45) is -2.81. The lowest BCUT2D eigenvalue weighted by Crippen LogP contribution is -2.17. The number of pyridine rings is 1. The summed E-state index contributed by atoms with van der Waals surface area (Å²) in [4.78, 5) is 3.34. The molecule has 0 aliphatic carbocycles. The highest BCUT2D eigenvalue weighted by molar-refractivity contribution is 14.1. The van der Waals surface area contributed by atoms with Crippen LogP contribution in [0.5, 0.6) is 0 Å². The van der Waals surface area contributed by atoms with Crippen LogP contribution < -0.4 is 10.9 Å². The molecule has 0 atom stereocenters. The lowest BCUT2D eigenvalue weighted by Gasteiger charge is -2.07. The van der Waals surface area contributed by atoms with Crippen LogP contribution in [0, 0.1) is 3.57 Å². The minimum absolute atomic E-state index is 0.0135. The zero-order valence-corrected chi connectivity index (χ0v) is 10.1. The van der Waals surface area contributed by atoms with Crippen molar-refractivity contribution in [2.75, 3.05) is 5.73 Å². The Hall–Kier alpha value is -0.550. The number of halogens is 3. The van der Waals surface area contributed by atoms with Crippen molar-refractivity contribution in [1.82, 2.24) is 4.98 Å². The third kappa shape index (κ3) is 2.72. The molecule has 84 valence electrons. The molecule has 1 aromatic rings. The van der Waals surface area contributed by atoms with Gasteiger partial charge < -0.3 is 5.73 Å². The molecule has 0 aliphatic heterocycles. The van der Waals surface area contributed by atoms with Crippen molar-refractivity contribution in [2.24, 2.45) is 5.14 Å². The van der Waals surface area contributed by atoms with Crippen LogP contribution in [0.1, 0.15) is 12.0 Å². The average Bonchev–Trinajstić information content (AvgIpc) is 2.06. The number of hydrogen-bond donors (Lipinski definition) is 2. The largest absolute Gasteiger partial charge is 0.383 e. The van der Waals surface area contributed by atoms with E-state index in [1.807, 2.05) is 0 Å². The molecule has 0 aliphatic rings. The number of aromatic nitrogens is 1. The molecule has 1 heterocycles. The van der Waals surface area contributed by atoms with E-state index in [4.69, 9.17) is 10.9 Å². The molecule has 0 bridgehead atoms. The SMILES string of the molecule is Nc1nc(S(N)(=O)=O)c(I)cc1C(F)F. The Morgan fingerprint density at radius 1 is 1.47 bits per heavy atom. The summed E-state index contributed by atoms with van der Waals surface area (Å²) in [6, 6.07) is 0.952. The van der Waals surface area contributed by atoms with Gasteiger partial charge in [0.2, 0.25) is 0 Å². The predicted octanol–water partition coefficient (Wildman–Crippen LogP) is 0.853. The highest BCUT2D eigenvalue weighted by atomic mass is 127. The fraction of sp³-hybridized carbons (Fsp3) is 0.167. The molecule has 0 fully saturated rings. The number of nitrogens with two attached hydrogens (primary N) is 2. The van der Waals surface area contributed by atoms with Crippen LogP contribution in [0.4, 0.5) is 14.6 Å². The molecular weight excluding hydrogens is 343 g/mol. The summed E-state index contributed by atoms with van der Waals surface area (Å²) in [5.41, 5.74) is 4.67. The molecule has 4 N–H and O–H groups in total. The lowest BCUT2D eigenvalue weighted by molar-refractivity contribution is 0.151. The standard InChI is InChI=1S/C6H6F2IN3O2S/c7-4(8)2-1-3(9)6(12-5(2)10)15(11,13)14/h1,4H,(H2,10,12)(H2,11,13,14). The van der Waals surface area contributed by atoms with E-state index in [0.29, 0.717) is 0 Å². The van der Waals surface area contributed by atoms with Crippen molar-refractivity contribution < 1.29 is 17.2 Å². The monoisotopic (exact) mass is 349 g/mol. The van der Waals surface area contributed by atoms with Gasteiger partial charge in [-0.05, 0) is 28.7 Å². The van der Waals surface area contributed by atoms with Gasteiger partial charge in [0, 0.05) is 0 Å². The normalized spacial score (nSPS) is 12.1. The Labute approximate surface area is 98.0 Å². The van der Waals surface area contributed by atoms with Crippen LogP contribution >= 0.6 is 22.6 Å². The zero-order chi connectivity index (χ0) is 11.8. The topological polar surface area (TPSA) is 99.1 Å². The van der Waals surface area contributed by atoms with Crippen molar-refractivity contribution >= 4 is 38.4 Å². The molecule has 1 rings (SSSR count). The Bertz CT molecular complexity index is 491. The molecular formula is C6H6F2IN3O2S. The molecule has 0 unspecified atom stereocenters. The van der Waals surface area contributed by atoms with E-state index in [0.717, 1.165) is 6.07 Å². The Morgan fingerprint density at radius 2 is 2.00 bits per heavy atom. The maximum atomic E-state index is 12.3. The van der Waals surface area contributed by atoms with Gasteiger partial charge in [-0.2, -0.15) is 0 Å². The molecule has 0 spiro atoms. The van der Waals surface area contributed by atoms with Gasteiger partial charge >= 0.3 is 0 Å². The number of sulfonamides is 1. The molecule has 5 nitrogen and oxygen atoms in total. The number of rotatable bonds is 2. The van der Waals surface area contributed by atoms with Crippen molar-refractivity contribution in [1.29, 1.82) is 0 Å². The van der Waals surface area contributed by atoms with Crippen LogP contribution in [0.3, 0.4) is 0 Å². The van der Waals surface area contributed by atoms with Crippen LogP contribution in [-0.2, 0) is 10.0 Å². The van der Waals surface area contributed by atoms with Gasteiger partial charge in [0.05, 0.1) is 9.13 Å². The van der Waals surface area contributed by atoms with Crippen molar-refractivity contribution in [3.05, 3.63) is 15.2 Å². The maximum absolute atomic E-state index is 12.3. The van der Waals surface area contributed by atoms with Crippen molar-refractivity contribution in [3.63, 3.8) is 0 Å². The van der Waals surface area contributed by atoms with Gasteiger partial charge in [-0.15, -0.1) is 0 Å². The van der Waals surface area contributed by atoms with Gasteiger partial charge in [-0.25, -0.2) is 27.3 Å². The average molecular weight is 349 g/mol. The Morgan fingerprint density at radius 3 is 2.40 bits per heavy atom. The number of primary sulfonamides is 1. The van der Waals surface area contributed by atoms with Crippen LogP contribution in [0.15, 0.2) is 11.1 Å². The van der Waals surface area contributed by atoms with E-state index < -0.39 is 32.9 Å². The highest BCUT2D eigenvalue weighted by Gasteiger charge is 2.20. The summed E-state index contributed by atoms with van der Waals surface area (Å²) in [5, 5.41) is 4.32. The first-order valence-electron chi connectivity index (χ1n) is 3.50. The minimum atomic E-state index is -4.04. The highest BCUT2D eigenvalue weighted by Crippen LogP contribution is 2.27. The van der Waals surface area contributed by atoms with Crippen LogP contribution in [-0.4, -0.2) is 13.4 Å². The second kappa shape index (κ2) is 4.14. The number of nitrogen functional groups attached to an aromatic ring is 1. The lowest BCUT2D eigenvalue weighted by atomic mass is 10.3. The molecule has 0 saturated carbocycles. The van der Waals surface area contributed by atoms with Crippen molar-refractivity contribution in [3.8, 4) is 0 Å². The first kappa shape index (κ1) is 12.5. The van der Waals surface area contributed by atoms with E-state index in [2.05, 4.69) is 4.98 Å². The Balaban J connectivity index is 3.46. The molecule has 0 saturated heterocycles. The second-order valence-electron chi connectivity index (χ2n) is 2.60. The first-order valence-corrected chi connectivity index (χ1v) is 6.13. The molecule has 9 heteroatoms. The van der Waals surface area contributed by atoms with E-state index in [-0.39, 0.29) is 3.57 Å². The predicted molar refractivity (Wildman–Crippen MR) is 57.7 cm³/mol. The summed E-state index contributed by atoms with van der Waals surface area (Å²) in [6.45, 7) is 0. The van der Waals surface area contributed by atoms with E-state index in [9.17, 15) is 17.2 Å². The quantitative estimate of drug-likeness (QED) is 0.774. The second-order valence-corrected chi connectivity index (χ2v) is 5.23. The van der Waals surface area contributed by atoms with Gasteiger partial charge in [0.15, 0.2) is 5.03 Å². The van der Waals surface area contributed by atoms with E-state index in [1.165, 1.54) is 0 Å². The number of alkyl halides is 2. The molecule has 1 aromatic heterocycles. The summed E-state index contributed by atoms with van der Waals surface area (Å²) in [5.74, 6) is -0.533. The summed E-state index contributed by atoms with van der Waals surface area (Å²) >= 11 is 1.55. The van der Waals surface area contributed by atoms with E-state index >= 15 is 0 Å². The van der Waals surface area contributed by atoms with Crippen LogP contribution in [0.2, 0.25) is 0 Å². The van der Waals surface area contributed by atoms with Gasteiger partial charge in [-0.1, -0.05) is 0 Å². The summed E-state index contributed by atoms with van der Waals surface area (Å²) < 4.78 is 46.6. The molecule has 0 aromatic carbocycles. The third-order valence-electron chi connectivity index (χ3n) is 1.51. The molecule has 15 heavy (non-hydrogen) atoms. The molecule has 0 radical (unpaired) electrons. The fourth-order valence-electron chi connectivity index (χ4n) is 0.874. The van der Waals surface area contributed by atoms with E-state index in [1.54, 1.807) is 22.6 Å².